The third-order valence-corrected chi connectivity index (χ3v) is 16.1. The highest BCUT2D eigenvalue weighted by molar-refractivity contribution is 8.10. The highest BCUT2D eigenvalue weighted by Gasteiger charge is 2.42. The Morgan fingerprint density at radius 3 is 1.27 bits per heavy atom. The third-order valence-electron chi connectivity index (χ3n) is 11.2. The van der Waals surface area contributed by atoms with Crippen LogP contribution in [0.3, 0.4) is 0 Å². The van der Waals surface area contributed by atoms with Crippen LogP contribution in [0.25, 0.3) is 0 Å². The molecule has 49 heavy (non-hydrogen) atoms. The topological polar surface area (TPSA) is 34.1 Å². The molecule has 254 valence electrons. The Bertz CT molecular complexity index is 1700. The standard InChI is InChI=1S/C24H32B.C20H19O2S2/c1-5-13-21(14-6-1)25(22-15-7-2-8-16-22,23-17-9-3-10-18-23)24-19-11-4-12-20-24;1-17-12-14-20(15-13-17)24(21,22)16-23(18-8-4-2-5-9-18)19-10-6-3-7-11-19/h1-2,5-8,13-16,23-24H,3-4,9-12,17-20H2;2-15H,16H2,1H3/q-1;+1. The summed E-state index contributed by atoms with van der Waals surface area (Å²) < 4.78 is 25.8. The van der Waals surface area contributed by atoms with Crippen molar-refractivity contribution < 1.29 is 8.42 Å². The van der Waals surface area contributed by atoms with Gasteiger partial charge in [-0.2, -0.15) is 11.6 Å². The summed E-state index contributed by atoms with van der Waals surface area (Å²) in [5, 5.41) is 0.0874. The molecule has 0 N–H and O–H groups in total. The Morgan fingerprint density at radius 1 is 0.510 bits per heavy atom. The van der Waals surface area contributed by atoms with Crippen LogP contribution in [0.5, 0.6) is 0 Å². The molecule has 5 heteroatoms. The lowest BCUT2D eigenvalue weighted by molar-refractivity contribution is 0.459. The van der Waals surface area contributed by atoms with E-state index in [1.54, 1.807) is 23.1 Å². The first kappa shape index (κ1) is 35.3. The van der Waals surface area contributed by atoms with E-state index in [1.165, 1.54) is 64.2 Å². The van der Waals surface area contributed by atoms with E-state index < -0.39 is 26.9 Å². The second-order valence-electron chi connectivity index (χ2n) is 14.2. The van der Waals surface area contributed by atoms with E-state index in [0.717, 1.165) is 27.0 Å². The molecule has 0 aliphatic heterocycles. The van der Waals surface area contributed by atoms with Gasteiger partial charge in [0, 0.05) is 0 Å². The summed E-state index contributed by atoms with van der Waals surface area (Å²) in [6, 6.07) is 50.1. The van der Waals surface area contributed by atoms with Crippen molar-refractivity contribution in [3.05, 3.63) is 151 Å². The average Bonchev–Trinajstić information content (AvgIpc) is 3.17. The van der Waals surface area contributed by atoms with Crippen molar-refractivity contribution in [3.8, 4) is 0 Å². The second kappa shape index (κ2) is 16.9. The van der Waals surface area contributed by atoms with Crippen molar-refractivity contribution in [2.45, 2.75) is 97.5 Å². The lowest BCUT2D eigenvalue weighted by Crippen LogP contribution is -2.65. The summed E-state index contributed by atoms with van der Waals surface area (Å²) in [7, 11) is -3.87. The molecule has 5 aromatic carbocycles. The van der Waals surface area contributed by atoms with Crippen molar-refractivity contribution in [2.24, 2.45) is 0 Å². The molecule has 0 radical (unpaired) electrons. The minimum atomic E-state index is -3.36. The Hall–Kier alpha value is -3.54. The molecule has 0 amide bonds. The molecule has 2 nitrogen and oxygen atoms in total. The number of hydrogen-bond acceptors (Lipinski definition) is 2. The molecule has 2 aliphatic carbocycles. The first-order chi connectivity index (χ1) is 24.0. The van der Waals surface area contributed by atoms with Gasteiger partial charge in [0.2, 0.25) is 14.9 Å². The molecule has 2 fully saturated rings. The fourth-order valence-electron chi connectivity index (χ4n) is 8.94. The molecule has 2 aliphatic rings. The molecule has 7 rings (SSSR count). The fraction of sp³-hybridized carbons (Fsp3) is 0.318. The van der Waals surface area contributed by atoms with Crippen molar-refractivity contribution in [2.75, 3.05) is 5.08 Å². The van der Waals surface area contributed by atoms with E-state index >= 15 is 0 Å². The van der Waals surface area contributed by atoms with Gasteiger partial charge in [-0.05, 0) is 43.3 Å². The average molecular weight is 687 g/mol. The minimum absolute atomic E-state index is 0.0874. The zero-order chi connectivity index (χ0) is 33.9. The van der Waals surface area contributed by atoms with Crippen molar-refractivity contribution in [1.29, 1.82) is 0 Å². The Labute approximate surface area is 298 Å². The summed E-state index contributed by atoms with van der Waals surface area (Å²) in [4.78, 5) is 2.47. The Kier molecular flexibility index (Phi) is 12.2. The molecule has 2 saturated carbocycles. The van der Waals surface area contributed by atoms with Crippen LogP contribution in [0.15, 0.2) is 160 Å². The van der Waals surface area contributed by atoms with Crippen molar-refractivity contribution in [3.63, 3.8) is 0 Å². The van der Waals surface area contributed by atoms with Gasteiger partial charge in [0.05, 0.1) is 21.9 Å². The fourth-order valence-corrected chi connectivity index (χ4v) is 13.6. The first-order valence-electron chi connectivity index (χ1n) is 18.4. The normalized spacial score (nSPS) is 16.1. The molecule has 0 atom stereocenters. The smallest absolute Gasteiger partial charge is 0.219 e. The van der Waals surface area contributed by atoms with Crippen molar-refractivity contribution in [1.82, 2.24) is 0 Å². The quantitative estimate of drug-likeness (QED) is 0.114. The zero-order valence-electron chi connectivity index (χ0n) is 29.0. The summed E-state index contributed by atoms with van der Waals surface area (Å²) in [6.07, 6.45) is 13.7. The summed E-state index contributed by atoms with van der Waals surface area (Å²) in [5.41, 5.74) is 4.35. The van der Waals surface area contributed by atoms with E-state index in [4.69, 9.17) is 0 Å². The highest BCUT2D eigenvalue weighted by atomic mass is 32.3. The van der Waals surface area contributed by atoms with Gasteiger partial charge in [-0.3, -0.25) is 0 Å². The first-order valence-corrected chi connectivity index (χ1v) is 21.4. The van der Waals surface area contributed by atoms with Gasteiger partial charge >= 0.3 is 0 Å². The van der Waals surface area contributed by atoms with Gasteiger partial charge in [0.15, 0.2) is 9.79 Å². The molecule has 0 bridgehead atoms. The van der Waals surface area contributed by atoms with E-state index in [0.29, 0.717) is 4.90 Å². The minimum Gasteiger partial charge on any atom is -0.219 e. The van der Waals surface area contributed by atoms with E-state index in [2.05, 4.69) is 60.7 Å². The number of aryl methyl sites for hydroxylation is 1. The molecule has 0 aromatic heterocycles. The maximum Gasteiger partial charge on any atom is 0.225 e. The van der Waals surface area contributed by atoms with Gasteiger partial charge in [-0.15, -0.1) is 0 Å². The van der Waals surface area contributed by atoms with Crippen LogP contribution in [0.1, 0.15) is 69.8 Å². The second-order valence-corrected chi connectivity index (χ2v) is 18.6. The molecular formula is C44H51BO2S2. The maximum absolute atomic E-state index is 12.9. The number of rotatable bonds is 9. The Balaban J connectivity index is 0.000000170. The van der Waals surface area contributed by atoms with Crippen LogP contribution in [0, 0.1) is 6.92 Å². The van der Waals surface area contributed by atoms with E-state index in [-0.39, 0.29) is 5.08 Å². The van der Waals surface area contributed by atoms with Gasteiger partial charge in [-0.1, -0.05) is 179 Å². The predicted molar refractivity (Wildman–Crippen MR) is 212 cm³/mol. The van der Waals surface area contributed by atoms with Crippen LogP contribution in [0.2, 0.25) is 11.6 Å². The summed E-state index contributed by atoms with van der Waals surface area (Å²) in [6.45, 7) is 1.95. The van der Waals surface area contributed by atoms with Crippen LogP contribution in [-0.4, -0.2) is 19.6 Å². The van der Waals surface area contributed by atoms with Crippen LogP contribution >= 0.6 is 0 Å². The van der Waals surface area contributed by atoms with Gasteiger partial charge < -0.3 is 0 Å². The van der Waals surface area contributed by atoms with Crippen LogP contribution in [0.4, 0.5) is 0 Å². The van der Waals surface area contributed by atoms with Gasteiger partial charge in [0.1, 0.15) is 0 Å². The molecule has 0 unspecified atom stereocenters. The monoisotopic (exact) mass is 686 g/mol. The van der Waals surface area contributed by atoms with Crippen LogP contribution in [-0.2, 0) is 20.7 Å². The lowest BCUT2D eigenvalue weighted by atomic mass is 9.07. The number of hydrogen-bond donors (Lipinski definition) is 0. The maximum atomic E-state index is 12.9. The van der Waals surface area contributed by atoms with Crippen LogP contribution < -0.4 is 10.9 Å². The highest BCUT2D eigenvalue weighted by Crippen LogP contribution is 2.47. The van der Waals surface area contributed by atoms with Gasteiger partial charge in [0.25, 0.3) is 0 Å². The molecule has 0 heterocycles. The molecule has 0 spiro atoms. The predicted octanol–water partition coefficient (Wildman–Crippen LogP) is 10.4. The number of benzene rings is 5. The van der Waals surface area contributed by atoms with Gasteiger partial charge in [-0.25, -0.2) is 19.3 Å². The Morgan fingerprint density at radius 2 is 0.878 bits per heavy atom. The van der Waals surface area contributed by atoms with E-state index in [9.17, 15) is 8.42 Å². The van der Waals surface area contributed by atoms with Crippen molar-refractivity contribution >= 4 is 37.8 Å². The third kappa shape index (κ3) is 8.44. The summed E-state index contributed by atoms with van der Waals surface area (Å²) in [5.74, 6) is 1.73. The zero-order valence-corrected chi connectivity index (χ0v) is 30.6. The molecular weight excluding hydrogens is 635 g/mol. The number of sulfone groups is 1. The van der Waals surface area contributed by atoms with E-state index in [1.807, 2.05) is 79.7 Å². The largest absolute Gasteiger partial charge is 0.225 e. The molecule has 5 aromatic rings. The SMILES string of the molecule is Cc1ccc(S(=O)(=O)C[S+](c2ccccc2)c2ccccc2)cc1.c1ccc([B-](c2ccccc2)(C2CCCCC2)C2CCCCC2)cc1. The molecule has 0 saturated heterocycles. The summed E-state index contributed by atoms with van der Waals surface area (Å²) >= 11 is 0. The lowest BCUT2D eigenvalue weighted by Gasteiger charge is -2.56.